The van der Waals surface area contributed by atoms with Gasteiger partial charge in [-0.15, -0.1) is 10.1 Å². The Bertz CT molecular complexity index is 673. The highest BCUT2D eigenvalue weighted by Crippen LogP contribution is 2.18. The van der Waals surface area contributed by atoms with Gasteiger partial charge in [0, 0.05) is 19.6 Å². The van der Waals surface area contributed by atoms with E-state index >= 15 is 0 Å². The predicted octanol–water partition coefficient (Wildman–Crippen LogP) is 1.30. The molecule has 1 aromatic carbocycles. The zero-order valence-corrected chi connectivity index (χ0v) is 16.6. The molecule has 1 aromatic rings. The molecule has 1 saturated heterocycles. The van der Waals surface area contributed by atoms with Crippen LogP contribution in [0.3, 0.4) is 0 Å². The second kappa shape index (κ2) is 9.70. The van der Waals surface area contributed by atoms with Crippen molar-refractivity contribution in [3.8, 4) is 5.75 Å². The highest BCUT2D eigenvalue weighted by atomic mass is 17.0. The van der Waals surface area contributed by atoms with Gasteiger partial charge in [-0.2, -0.15) is 0 Å². The monoisotopic (exact) mass is 395 g/mol. The van der Waals surface area contributed by atoms with E-state index in [1.54, 1.807) is 18.7 Å². The number of aliphatic hydroxyl groups is 1. The van der Waals surface area contributed by atoms with Gasteiger partial charge in [-0.1, -0.05) is 12.1 Å². The van der Waals surface area contributed by atoms with Gasteiger partial charge in [0.25, 0.3) is 5.09 Å². The number of nitrogens with zero attached hydrogens (tertiary/aromatic N) is 2. The largest absolute Gasteiger partial charge is 0.491 e. The Morgan fingerprint density at radius 2 is 2.11 bits per heavy atom. The fourth-order valence-corrected chi connectivity index (χ4v) is 3.09. The van der Waals surface area contributed by atoms with Crippen molar-refractivity contribution < 1.29 is 24.6 Å². The molecule has 2 rings (SSSR count). The summed E-state index contributed by atoms with van der Waals surface area (Å²) in [4.78, 5) is 29.4. The lowest BCUT2D eigenvalue weighted by molar-refractivity contribution is -0.769. The standard InChI is InChI=1S/C19H29N3O6/c1-14-5-4-6-17(11-14)27-13-15(23)12-20-19(2,3)18(24)21-9-7-16(8-10-21)28-22(25)26/h4-6,11,15-16,20,23H,7-10,12-13H2,1-3H3. The lowest BCUT2D eigenvalue weighted by Crippen LogP contribution is -2.57. The van der Waals surface area contributed by atoms with Crippen molar-refractivity contribution >= 4 is 5.91 Å². The van der Waals surface area contributed by atoms with Crippen LogP contribution < -0.4 is 10.1 Å². The van der Waals surface area contributed by atoms with Gasteiger partial charge in [-0.3, -0.25) is 4.79 Å². The maximum absolute atomic E-state index is 12.8. The molecule has 156 valence electrons. The van der Waals surface area contributed by atoms with Gasteiger partial charge in [0.1, 0.15) is 24.6 Å². The van der Waals surface area contributed by atoms with Gasteiger partial charge in [0.15, 0.2) is 0 Å². The number of piperidine rings is 1. The third kappa shape index (κ3) is 6.65. The lowest BCUT2D eigenvalue weighted by atomic mass is 10.00. The van der Waals surface area contributed by atoms with Crippen molar-refractivity contribution in [1.29, 1.82) is 0 Å². The Labute approximate surface area is 164 Å². The third-order valence-electron chi connectivity index (χ3n) is 4.71. The maximum Gasteiger partial charge on any atom is 0.294 e. The first-order valence-corrected chi connectivity index (χ1v) is 9.40. The molecule has 1 aliphatic rings. The van der Waals surface area contributed by atoms with Crippen LogP contribution in [-0.4, -0.2) is 65.0 Å². The van der Waals surface area contributed by atoms with Gasteiger partial charge < -0.3 is 24.9 Å². The van der Waals surface area contributed by atoms with Crippen LogP contribution in [0.5, 0.6) is 5.75 Å². The molecule has 0 saturated carbocycles. The normalized spacial score (nSPS) is 16.5. The molecule has 0 bridgehead atoms. The number of nitrogens with one attached hydrogen (secondary N) is 1. The predicted molar refractivity (Wildman–Crippen MR) is 102 cm³/mol. The summed E-state index contributed by atoms with van der Waals surface area (Å²) in [5.74, 6) is 0.577. The van der Waals surface area contributed by atoms with Gasteiger partial charge in [0.2, 0.25) is 5.91 Å². The zero-order chi connectivity index (χ0) is 20.7. The molecule has 9 heteroatoms. The third-order valence-corrected chi connectivity index (χ3v) is 4.71. The van der Waals surface area contributed by atoms with Gasteiger partial charge >= 0.3 is 0 Å². The van der Waals surface area contributed by atoms with E-state index < -0.39 is 22.8 Å². The Morgan fingerprint density at radius 1 is 1.43 bits per heavy atom. The van der Waals surface area contributed by atoms with Gasteiger partial charge in [-0.05, 0) is 51.3 Å². The van der Waals surface area contributed by atoms with Crippen molar-refractivity contribution in [3.05, 3.63) is 39.9 Å². The Hall–Kier alpha value is -2.39. The minimum atomic E-state index is -0.874. The van der Waals surface area contributed by atoms with Crippen LogP contribution in [-0.2, 0) is 9.63 Å². The lowest BCUT2D eigenvalue weighted by Gasteiger charge is -2.37. The average Bonchev–Trinajstić information content (AvgIpc) is 2.64. The molecule has 1 fully saturated rings. The number of aliphatic hydroxyl groups excluding tert-OH is 1. The average molecular weight is 395 g/mol. The first kappa shape index (κ1) is 21.9. The molecular formula is C19H29N3O6. The summed E-state index contributed by atoms with van der Waals surface area (Å²) in [5, 5.41) is 22.9. The van der Waals surface area contributed by atoms with Crippen LogP contribution in [0, 0.1) is 17.0 Å². The molecular weight excluding hydrogens is 366 g/mol. The van der Waals surface area contributed by atoms with E-state index in [9.17, 15) is 20.0 Å². The van der Waals surface area contributed by atoms with Crippen molar-refractivity contribution in [2.24, 2.45) is 0 Å². The van der Waals surface area contributed by atoms with E-state index in [4.69, 9.17) is 4.74 Å². The SMILES string of the molecule is Cc1cccc(OCC(O)CNC(C)(C)C(=O)N2CCC(O[N+](=O)[O-])CC2)c1. The molecule has 1 amide bonds. The number of rotatable bonds is 9. The molecule has 28 heavy (non-hydrogen) atoms. The Balaban J connectivity index is 1.75. The minimum absolute atomic E-state index is 0.112. The van der Waals surface area contributed by atoms with Crippen LogP contribution in [0.4, 0.5) is 0 Å². The molecule has 2 N–H and O–H groups in total. The fourth-order valence-electron chi connectivity index (χ4n) is 3.09. The molecule has 0 aliphatic carbocycles. The van der Waals surface area contributed by atoms with Crippen LogP contribution in [0.15, 0.2) is 24.3 Å². The molecule has 9 nitrogen and oxygen atoms in total. The number of carbonyl (C=O) groups is 1. The first-order chi connectivity index (χ1) is 13.2. The number of ether oxygens (including phenoxy) is 1. The summed E-state index contributed by atoms with van der Waals surface area (Å²) in [5.41, 5.74) is 0.199. The number of likely N-dealkylation sites (tertiary alicyclic amines) is 1. The summed E-state index contributed by atoms with van der Waals surface area (Å²) in [6, 6.07) is 7.56. The van der Waals surface area contributed by atoms with Crippen molar-refractivity contribution in [3.63, 3.8) is 0 Å². The number of amides is 1. The van der Waals surface area contributed by atoms with Crippen LogP contribution in [0.25, 0.3) is 0 Å². The highest BCUT2D eigenvalue weighted by molar-refractivity contribution is 5.85. The molecule has 0 spiro atoms. The fraction of sp³-hybridized carbons (Fsp3) is 0.632. The molecule has 1 aliphatic heterocycles. The van der Waals surface area contributed by atoms with Crippen molar-refractivity contribution in [2.75, 3.05) is 26.2 Å². The van der Waals surface area contributed by atoms with E-state index in [-0.39, 0.29) is 19.1 Å². The maximum atomic E-state index is 12.8. The Kier molecular flexibility index (Phi) is 7.59. The second-order valence-corrected chi connectivity index (χ2v) is 7.61. The van der Waals surface area contributed by atoms with Gasteiger partial charge in [0.05, 0.1) is 5.54 Å². The number of benzene rings is 1. The summed E-state index contributed by atoms with van der Waals surface area (Å²) in [7, 11) is 0. The van der Waals surface area contributed by atoms with E-state index in [1.165, 1.54) is 0 Å². The second-order valence-electron chi connectivity index (χ2n) is 7.61. The number of β-amino-alcohol motifs (C(OH)–C–C–N with tert-alkyl or cyclic N) is 1. The number of hydrogen-bond acceptors (Lipinski definition) is 7. The number of carbonyl (C=O) groups excluding carboxylic acids is 1. The topological polar surface area (TPSA) is 114 Å². The quantitative estimate of drug-likeness (QED) is 0.478. The molecule has 1 unspecified atom stereocenters. The van der Waals surface area contributed by atoms with Crippen LogP contribution in [0.1, 0.15) is 32.3 Å². The summed E-state index contributed by atoms with van der Waals surface area (Å²) >= 11 is 0. The van der Waals surface area contributed by atoms with Crippen molar-refractivity contribution in [2.45, 2.75) is 51.4 Å². The molecule has 1 atom stereocenters. The van der Waals surface area contributed by atoms with Gasteiger partial charge in [-0.25, -0.2) is 0 Å². The zero-order valence-electron chi connectivity index (χ0n) is 16.6. The van der Waals surface area contributed by atoms with Crippen molar-refractivity contribution in [1.82, 2.24) is 10.2 Å². The van der Waals surface area contributed by atoms with Crippen LogP contribution in [0.2, 0.25) is 0 Å². The smallest absolute Gasteiger partial charge is 0.294 e. The molecule has 0 radical (unpaired) electrons. The number of aryl methyl sites for hydroxylation is 1. The summed E-state index contributed by atoms with van der Waals surface area (Å²) < 4.78 is 5.58. The number of hydrogen-bond donors (Lipinski definition) is 2. The van der Waals surface area contributed by atoms with E-state index in [0.29, 0.717) is 31.7 Å². The van der Waals surface area contributed by atoms with Crippen LogP contribution >= 0.6 is 0 Å². The molecule has 1 heterocycles. The van der Waals surface area contributed by atoms with E-state index in [2.05, 4.69) is 10.2 Å². The molecule has 0 aromatic heterocycles. The van der Waals surface area contributed by atoms with E-state index in [1.807, 2.05) is 31.2 Å². The minimum Gasteiger partial charge on any atom is -0.491 e. The Morgan fingerprint density at radius 3 is 2.71 bits per heavy atom. The highest BCUT2D eigenvalue weighted by Gasteiger charge is 2.34. The summed E-state index contributed by atoms with van der Waals surface area (Å²) in [6.07, 6.45) is -0.381. The summed E-state index contributed by atoms with van der Waals surface area (Å²) in [6.45, 7) is 6.59. The first-order valence-electron chi connectivity index (χ1n) is 9.40. The van der Waals surface area contributed by atoms with E-state index in [0.717, 1.165) is 5.56 Å².